The lowest BCUT2D eigenvalue weighted by atomic mass is 9.69. The molecule has 2 saturated heterocycles. The van der Waals surface area contributed by atoms with Crippen molar-refractivity contribution in [2.75, 3.05) is 26.7 Å². The monoisotopic (exact) mass is 284 g/mol. The Balaban J connectivity index is 1.62. The van der Waals surface area contributed by atoms with Crippen LogP contribution in [0.25, 0.3) is 0 Å². The summed E-state index contributed by atoms with van der Waals surface area (Å²) in [5, 5.41) is 0. The van der Waals surface area contributed by atoms with Crippen LogP contribution in [0.2, 0.25) is 0 Å². The van der Waals surface area contributed by atoms with Crippen molar-refractivity contribution in [1.82, 2.24) is 9.80 Å². The Bertz CT molecular complexity index is 539. The predicted molar refractivity (Wildman–Crippen MR) is 83.1 cm³/mol. The highest BCUT2D eigenvalue weighted by Gasteiger charge is 2.51. The van der Waals surface area contributed by atoms with Gasteiger partial charge in [0.15, 0.2) is 0 Å². The van der Waals surface area contributed by atoms with Gasteiger partial charge in [-0.05, 0) is 44.8 Å². The quantitative estimate of drug-likeness (QED) is 0.832. The first-order valence-electron chi connectivity index (χ1n) is 8.25. The third kappa shape index (κ3) is 2.10. The molecule has 1 saturated carbocycles. The molecule has 2 heterocycles. The Morgan fingerprint density at radius 1 is 1.14 bits per heavy atom. The Kier molecular flexibility index (Phi) is 3.07. The highest BCUT2D eigenvalue weighted by molar-refractivity contribution is 5.81. The third-order valence-electron chi connectivity index (χ3n) is 5.89. The average Bonchev–Trinajstić information content (AvgIpc) is 3.33. The number of rotatable bonds is 2. The summed E-state index contributed by atoms with van der Waals surface area (Å²) in [5.41, 5.74) is 1.73. The number of carbonyl (C=O) groups excluding carboxylic acids is 1. The van der Waals surface area contributed by atoms with E-state index in [9.17, 15) is 4.79 Å². The number of likely N-dealkylation sites (N-methyl/N-ethyl adjacent to an activating group) is 1. The molecular weight excluding hydrogens is 260 g/mol. The van der Waals surface area contributed by atoms with Crippen molar-refractivity contribution < 1.29 is 4.79 Å². The first-order chi connectivity index (χ1) is 10.2. The van der Waals surface area contributed by atoms with Crippen molar-refractivity contribution in [1.29, 1.82) is 0 Å². The third-order valence-corrected chi connectivity index (χ3v) is 5.89. The first kappa shape index (κ1) is 13.3. The van der Waals surface area contributed by atoms with Gasteiger partial charge in [0.2, 0.25) is 5.91 Å². The Morgan fingerprint density at radius 2 is 1.86 bits per heavy atom. The maximum atomic E-state index is 12.4. The van der Waals surface area contributed by atoms with Gasteiger partial charge in [-0.25, -0.2) is 0 Å². The second kappa shape index (κ2) is 4.84. The molecule has 3 fully saturated rings. The molecule has 0 aromatic heterocycles. The van der Waals surface area contributed by atoms with Gasteiger partial charge in [-0.3, -0.25) is 4.79 Å². The number of fused-ring (bicyclic) bond motifs is 1. The van der Waals surface area contributed by atoms with E-state index in [1.807, 2.05) is 0 Å². The zero-order valence-electron chi connectivity index (χ0n) is 12.8. The summed E-state index contributed by atoms with van der Waals surface area (Å²) in [7, 11) is 2.22. The van der Waals surface area contributed by atoms with Crippen molar-refractivity contribution in [3.05, 3.63) is 35.9 Å². The summed E-state index contributed by atoms with van der Waals surface area (Å²) < 4.78 is 0. The van der Waals surface area contributed by atoms with Gasteiger partial charge in [0.1, 0.15) is 0 Å². The summed E-state index contributed by atoms with van der Waals surface area (Å²) in [6.45, 7) is 3.00. The van der Waals surface area contributed by atoms with E-state index < -0.39 is 0 Å². The maximum absolute atomic E-state index is 12.4. The fourth-order valence-corrected chi connectivity index (χ4v) is 4.40. The molecule has 3 heteroatoms. The molecule has 0 spiro atoms. The van der Waals surface area contributed by atoms with Crippen LogP contribution in [0.4, 0.5) is 0 Å². The molecule has 1 amide bonds. The Morgan fingerprint density at radius 3 is 2.57 bits per heavy atom. The largest absolute Gasteiger partial charge is 0.341 e. The minimum atomic E-state index is 0.260. The fraction of sp³-hybridized carbons (Fsp3) is 0.611. The van der Waals surface area contributed by atoms with E-state index in [2.05, 4.69) is 47.2 Å². The zero-order valence-corrected chi connectivity index (χ0v) is 12.8. The highest BCUT2D eigenvalue weighted by Crippen LogP contribution is 2.46. The molecule has 2 aliphatic heterocycles. The van der Waals surface area contributed by atoms with Crippen LogP contribution in [-0.2, 0) is 10.2 Å². The van der Waals surface area contributed by atoms with Gasteiger partial charge in [-0.1, -0.05) is 30.3 Å². The van der Waals surface area contributed by atoms with Gasteiger partial charge < -0.3 is 9.80 Å². The number of benzene rings is 1. The van der Waals surface area contributed by atoms with Crippen LogP contribution in [-0.4, -0.2) is 48.4 Å². The van der Waals surface area contributed by atoms with Crippen LogP contribution in [0.1, 0.15) is 31.2 Å². The second-order valence-corrected chi connectivity index (χ2v) is 7.08. The van der Waals surface area contributed by atoms with Crippen molar-refractivity contribution >= 4 is 5.91 Å². The molecule has 0 radical (unpaired) electrons. The van der Waals surface area contributed by atoms with E-state index in [-0.39, 0.29) is 5.41 Å². The topological polar surface area (TPSA) is 23.6 Å². The number of likely N-dealkylation sites (tertiary alicyclic amines) is 2. The number of amides is 1. The molecule has 3 nitrogen and oxygen atoms in total. The Labute approximate surface area is 126 Å². The Hall–Kier alpha value is -1.35. The molecule has 2 atom stereocenters. The number of nitrogens with zero attached hydrogens (tertiary/aromatic N) is 2. The number of piperidine rings is 1. The van der Waals surface area contributed by atoms with E-state index in [0.29, 0.717) is 17.9 Å². The molecule has 1 aromatic carbocycles. The molecule has 2 unspecified atom stereocenters. The molecular formula is C18H24N2O. The van der Waals surface area contributed by atoms with Crippen LogP contribution in [0.5, 0.6) is 0 Å². The van der Waals surface area contributed by atoms with Crippen molar-refractivity contribution in [3.63, 3.8) is 0 Å². The lowest BCUT2D eigenvalue weighted by Gasteiger charge is -2.46. The summed E-state index contributed by atoms with van der Waals surface area (Å²) in [5.74, 6) is 0.762. The van der Waals surface area contributed by atoms with E-state index in [1.54, 1.807) is 0 Å². The second-order valence-electron chi connectivity index (χ2n) is 7.08. The van der Waals surface area contributed by atoms with Gasteiger partial charge >= 0.3 is 0 Å². The van der Waals surface area contributed by atoms with Crippen LogP contribution in [0.3, 0.4) is 0 Å². The molecule has 3 aliphatic rings. The first-order valence-corrected chi connectivity index (χ1v) is 8.25. The maximum Gasteiger partial charge on any atom is 0.225 e. The SMILES string of the molecule is CN1CCC2(c3ccccc3)CCN(C(=O)C3CC3)CC12. The standard InChI is InChI=1S/C18H24N2O/c1-19-11-9-18(15-5-3-2-4-6-15)10-12-20(13-16(18)19)17(21)14-7-8-14/h2-6,14,16H,7-13H2,1H3. The molecule has 0 N–H and O–H groups in total. The normalized spacial score (nSPS) is 33.0. The van der Waals surface area contributed by atoms with Crippen LogP contribution in [0, 0.1) is 5.92 Å². The summed E-state index contributed by atoms with van der Waals surface area (Å²) in [6, 6.07) is 11.5. The van der Waals surface area contributed by atoms with Crippen LogP contribution in [0.15, 0.2) is 30.3 Å². The fourth-order valence-electron chi connectivity index (χ4n) is 4.40. The van der Waals surface area contributed by atoms with E-state index in [1.165, 1.54) is 12.0 Å². The average molecular weight is 284 g/mol. The van der Waals surface area contributed by atoms with E-state index in [0.717, 1.165) is 38.9 Å². The minimum Gasteiger partial charge on any atom is -0.341 e. The van der Waals surface area contributed by atoms with Crippen molar-refractivity contribution in [2.45, 2.75) is 37.1 Å². The molecule has 4 rings (SSSR count). The summed E-state index contributed by atoms with van der Waals surface area (Å²) in [4.78, 5) is 17.0. The molecule has 112 valence electrons. The van der Waals surface area contributed by atoms with Crippen molar-refractivity contribution in [3.8, 4) is 0 Å². The lowest BCUT2D eigenvalue weighted by molar-refractivity contribution is -0.135. The molecule has 21 heavy (non-hydrogen) atoms. The number of hydrogen-bond donors (Lipinski definition) is 0. The predicted octanol–water partition coefficient (Wildman–Crippen LogP) is 2.27. The number of hydrogen-bond acceptors (Lipinski definition) is 2. The zero-order chi connectivity index (χ0) is 14.4. The van der Waals surface area contributed by atoms with Gasteiger partial charge in [0, 0.05) is 30.5 Å². The van der Waals surface area contributed by atoms with E-state index >= 15 is 0 Å². The summed E-state index contributed by atoms with van der Waals surface area (Å²) in [6.07, 6.45) is 4.56. The van der Waals surface area contributed by atoms with E-state index in [4.69, 9.17) is 0 Å². The van der Waals surface area contributed by atoms with Gasteiger partial charge in [-0.2, -0.15) is 0 Å². The van der Waals surface area contributed by atoms with Gasteiger partial charge in [0.05, 0.1) is 0 Å². The number of carbonyl (C=O) groups is 1. The minimum absolute atomic E-state index is 0.260. The molecule has 1 aliphatic carbocycles. The smallest absolute Gasteiger partial charge is 0.225 e. The molecule has 0 bridgehead atoms. The lowest BCUT2D eigenvalue weighted by Crippen LogP contribution is -2.56. The van der Waals surface area contributed by atoms with Gasteiger partial charge in [0.25, 0.3) is 0 Å². The van der Waals surface area contributed by atoms with Crippen molar-refractivity contribution in [2.24, 2.45) is 5.92 Å². The van der Waals surface area contributed by atoms with Gasteiger partial charge in [-0.15, -0.1) is 0 Å². The van der Waals surface area contributed by atoms with Crippen LogP contribution >= 0.6 is 0 Å². The summed E-state index contributed by atoms with van der Waals surface area (Å²) >= 11 is 0. The van der Waals surface area contributed by atoms with Crippen LogP contribution < -0.4 is 0 Å². The molecule has 1 aromatic rings. The highest BCUT2D eigenvalue weighted by atomic mass is 16.2.